The van der Waals surface area contributed by atoms with E-state index in [1.165, 1.54) is 6.07 Å². The molecule has 0 atom stereocenters. The summed E-state index contributed by atoms with van der Waals surface area (Å²) in [5.41, 5.74) is 6.96. The van der Waals surface area contributed by atoms with Gasteiger partial charge in [0.25, 0.3) is 0 Å². The zero-order chi connectivity index (χ0) is 20.9. The number of pyridine rings is 1. The molecule has 1 heterocycles. The van der Waals surface area contributed by atoms with Gasteiger partial charge < -0.3 is 0 Å². The van der Waals surface area contributed by atoms with Crippen molar-refractivity contribution in [2.45, 2.75) is 13.3 Å². The van der Waals surface area contributed by atoms with Crippen molar-refractivity contribution in [1.82, 2.24) is 4.98 Å². The maximum Gasteiger partial charge on any atom is 0.125 e. The first-order chi connectivity index (χ1) is 14.6. The van der Waals surface area contributed by atoms with Gasteiger partial charge in [-0.05, 0) is 64.6 Å². The first-order valence-corrected chi connectivity index (χ1v) is 10.2. The molecule has 148 valence electrons. The molecule has 3 heteroatoms. The van der Waals surface area contributed by atoms with Crippen molar-refractivity contribution in [3.8, 4) is 0 Å². The number of nitrogens with zero attached hydrogens (tertiary/aromatic N) is 1. The summed E-state index contributed by atoms with van der Waals surface area (Å²) < 4.78 is 14.4. The first-order valence-electron chi connectivity index (χ1n) is 9.83. The molecular weight excluding hydrogens is 393 g/mol. The number of aryl methyl sites for hydroxylation is 1. The van der Waals surface area contributed by atoms with Crippen LogP contribution in [0, 0.1) is 12.7 Å². The van der Waals surface area contributed by atoms with E-state index in [0.29, 0.717) is 11.4 Å². The average molecular weight is 414 g/mol. The van der Waals surface area contributed by atoms with E-state index in [-0.39, 0.29) is 5.82 Å². The van der Waals surface area contributed by atoms with Crippen LogP contribution in [-0.4, -0.2) is 4.98 Å². The summed E-state index contributed by atoms with van der Waals surface area (Å²) in [6, 6.07) is 29.0. The van der Waals surface area contributed by atoms with Crippen LogP contribution in [0.2, 0.25) is 5.02 Å². The van der Waals surface area contributed by atoms with E-state index in [0.717, 1.165) is 39.1 Å². The summed E-state index contributed by atoms with van der Waals surface area (Å²) in [5, 5.41) is 0.376. The van der Waals surface area contributed by atoms with E-state index < -0.39 is 0 Å². The lowest BCUT2D eigenvalue weighted by Crippen LogP contribution is -2.02. The molecule has 0 aliphatic heterocycles. The Morgan fingerprint density at radius 2 is 1.43 bits per heavy atom. The third-order valence-electron chi connectivity index (χ3n) is 5.10. The summed E-state index contributed by atoms with van der Waals surface area (Å²) in [6.07, 6.45) is 2.36. The third-order valence-corrected chi connectivity index (χ3v) is 5.32. The lowest BCUT2D eigenvalue weighted by molar-refractivity contribution is 0.627. The van der Waals surface area contributed by atoms with Crippen molar-refractivity contribution in [2.75, 3.05) is 0 Å². The molecule has 0 spiro atoms. The Morgan fingerprint density at radius 3 is 2.00 bits per heavy atom. The molecule has 0 aliphatic rings. The van der Waals surface area contributed by atoms with Gasteiger partial charge in [-0.2, -0.15) is 0 Å². The molecule has 0 aliphatic carbocycles. The topological polar surface area (TPSA) is 12.9 Å². The molecule has 0 saturated carbocycles. The highest BCUT2D eigenvalue weighted by Crippen LogP contribution is 2.35. The predicted molar refractivity (Wildman–Crippen MR) is 123 cm³/mol. The molecule has 30 heavy (non-hydrogen) atoms. The molecule has 1 aromatic heterocycles. The van der Waals surface area contributed by atoms with E-state index >= 15 is 0 Å². The number of aromatic nitrogens is 1. The molecule has 4 rings (SSSR count). The Kier molecular flexibility index (Phi) is 6.06. The number of allylic oxidation sites excluding steroid dienone is 1. The monoisotopic (exact) mass is 413 g/mol. The van der Waals surface area contributed by atoms with Gasteiger partial charge in [-0.15, -0.1) is 0 Å². The SMILES string of the molecule is Cc1cccnc1CC(=C(c1ccccc1)c1ccccc1)c1cc(F)cc(Cl)c1. The lowest BCUT2D eigenvalue weighted by Gasteiger charge is -2.18. The summed E-state index contributed by atoms with van der Waals surface area (Å²) in [7, 11) is 0. The highest BCUT2D eigenvalue weighted by molar-refractivity contribution is 6.30. The molecular formula is C27H21ClFN. The molecule has 0 radical (unpaired) electrons. The fraction of sp³-hybridized carbons (Fsp3) is 0.0741. The first kappa shape index (κ1) is 20.1. The standard InChI is InChI=1S/C27H21ClFN/c1-19-9-8-14-30-26(19)18-25(22-15-23(28)17-24(29)16-22)27(20-10-4-2-5-11-20)21-12-6-3-7-13-21/h2-17H,18H2,1H3. The van der Waals surface area contributed by atoms with Crippen LogP contribution in [0.3, 0.4) is 0 Å². The van der Waals surface area contributed by atoms with Gasteiger partial charge in [0.05, 0.1) is 0 Å². The van der Waals surface area contributed by atoms with Gasteiger partial charge in [-0.25, -0.2) is 4.39 Å². The summed E-state index contributed by atoms with van der Waals surface area (Å²) >= 11 is 6.25. The van der Waals surface area contributed by atoms with E-state index in [9.17, 15) is 4.39 Å². The Balaban J connectivity index is 2.03. The van der Waals surface area contributed by atoms with Crippen molar-refractivity contribution in [2.24, 2.45) is 0 Å². The summed E-state index contributed by atoms with van der Waals surface area (Å²) in [4.78, 5) is 4.60. The third kappa shape index (κ3) is 4.50. The second-order valence-electron chi connectivity index (χ2n) is 7.19. The Bertz CT molecular complexity index is 1120. The lowest BCUT2D eigenvalue weighted by atomic mass is 9.86. The highest BCUT2D eigenvalue weighted by atomic mass is 35.5. The van der Waals surface area contributed by atoms with Gasteiger partial charge >= 0.3 is 0 Å². The van der Waals surface area contributed by atoms with Gasteiger partial charge in [0, 0.05) is 23.3 Å². The number of hydrogen-bond acceptors (Lipinski definition) is 1. The highest BCUT2D eigenvalue weighted by Gasteiger charge is 2.17. The van der Waals surface area contributed by atoms with Crippen LogP contribution in [0.15, 0.2) is 97.2 Å². The van der Waals surface area contributed by atoms with Crippen LogP contribution in [0.4, 0.5) is 4.39 Å². The number of hydrogen-bond donors (Lipinski definition) is 0. The predicted octanol–water partition coefficient (Wildman–Crippen LogP) is 7.38. The number of rotatable bonds is 5. The van der Waals surface area contributed by atoms with Crippen LogP contribution in [-0.2, 0) is 6.42 Å². The minimum Gasteiger partial charge on any atom is -0.261 e. The van der Waals surface area contributed by atoms with Crippen LogP contribution < -0.4 is 0 Å². The van der Waals surface area contributed by atoms with Crippen molar-refractivity contribution in [3.05, 3.63) is 136 Å². The molecule has 3 aromatic carbocycles. The summed E-state index contributed by atoms with van der Waals surface area (Å²) in [6.45, 7) is 2.04. The molecule has 4 aromatic rings. The number of benzene rings is 3. The quantitative estimate of drug-likeness (QED) is 0.311. The van der Waals surface area contributed by atoms with Crippen LogP contribution >= 0.6 is 11.6 Å². The zero-order valence-corrected chi connectivity index (χ0v) is 17.4. The van der Waals surface area contributed by atoms with Crippen molar-refractivity contribution in [1.29, 1.82) is 0 Å². The molecule has 1 nitrogen and oxygen atoms in total. The Morgan fingerprint density at radius 1 is 0.800 bits per heavy atom. The molecule has 0 fully saturated rings. The van der Waals surface area contributed by atoms with E-state index in [4.69, 9.17) is 11.6 Å². The van der Waals surface area contributed by atoms with E-state index in [1.807, 2.05) is 61.5 Å². The smallest absolute Gasteiger partial charge is 0.125 e. The Labute approximate surface area is 181 Å². The van der Waals surface area contributed by atoms with Crippen LogP contribution in [0.25, 0.3) is 11.1 Å². The Hall–Kier alpha value is -3.23. The fourth-order valence-corrected chi connectivity index (χ4v) is 3.88. The van der Waals surface area contributed by atoms with Gasteiger partial charge in [0.15, 0.2) is 0 Å². The average Bonchev–Trinajstić information content (AvgIpc) is 2.75. The fourth-order valence-electron chi connectivity index (χ4n) is 3.66. The van der Waals surface area contributed by atoms with Crippen LogP contribution in [0.5, 0.6) is 0 Å². The number of halogens is 2. The van der Waals surface area contributed by atoms with Gasteiger partial charge in [0.1, 0.15) is 5.82 Å². The zero-order valence-electron chi connectivity index (χ0n) is 16.6. The van der Waals surface area contributed by atoms with Gasteiger partial charge in [0.2, 0.25) is 0 Å². The minimum atomic E-state index is -0.354. The van der Waals surface area contributed by atoms with Gasteiger partial charge in [-0.1, -0.05) is 78.3 Å². The molecule has 0 bridgehead atoms. The van der Waals surface area contributed by atoms with E-state index in [2.05, 4.69) is 29.2 Å². The minimum absolute atomic E-state index is 0.354. The molecule has 0 unspecified atom stereocenters. The maximum atomic E-state index is 14.4. The normalized spacial score (nSPS) is 10.6. The largest absolute Gasteiger partial charge is 0.261 e. The van der Waals surface area contributed by atoms with Gasteiger partial charge in [-0.3, -0.25) is 4.98 Å². The van der Waals surface area contributed by atoms with Crippen molar-refractivity contribution < 1.29 is 4.39 Å². The van der Waals surface area contributed by atoms with Crippen molar-refractivity contribution >= 4 is 22.7 Å². The summed E-state index contributed by atoms with van der Waals surface area (Å²) in [5.74, 6) is -0.354. The second kappa shape index (κ2) is 9.06. The molecule has 0 saturated heterocycles. The maximum absolute atomic E-state index is 14.4. The molecule has 0 amide bonds. The van der Waals surface area contributed by atoms with Crippen molar-refractivity contribution in [3.63, 3.8) is 0 Å². The molecule has 0 N–H and O–H groups in total. The van der Waals surface area contributed by atoms with Crippen LogP contribution in [0.1, 0.15) is 27.9 Å². The second-order valence-corrected chi connectivity index (χ2v) is 7.62. The van der Waals surface area contributed by atoms with E-state index in [1.54, 1.807) is 12.3 Å².